The molecule has 3 aromatic rings. The van der Waals surface area contributed by atoms with Crippen molar-refractivity contribution >= 4 is 21.6 Å². The number of rotatable bonds is 8. The Bertz CT molecular complexity index is 1400. The van der Waals surface area contributed by atoms with Crippen LogP contribution >= 0.6 is 0 Å². The number of nitrogens with one attached hydrogen (secondary N) is 1. The van der Waals surface area contributed by atoms with E-state index >= 15 is 0 Å². The van der Waals surface area contributed by atoms with Gasteiger partial charge in [-0.1, -0.05) is 55.7 Å². The van der Waals surface area contributed by atoms with Crippen LogP contribution in [0, 0.1) is 0 Å². The van der Waals surface area contributed by atoms with Crippen LogP contribution in [-0.4, -0.2) is 50.0 Å². The summed E-state index contributed by atoms with van der Waals surface area (Å²) in [5.41, 5.74) is 2.87. The topological polar surface area (TPSA) is 95.9 Å². The third-order valence-corrected chi connectivity index (χ3v) is 10.2. The van der Waals surface area contributed by atoms with Gasteiger partial charge in [0.05, 0.1) is 24.0 Å². The summed E-state index contributed by atoms with van der Waals surface area (Å²) < 4.78 is 33.0. The molecule has 1 heterocycles. The number of methoxy groups -OCH3 is 1. The van der Waals surface area contributed by atoms with Crippen molar-refractivity contribution < 1.29 is 23.1 Å². The van der Waals surface area contributed by atoms with Crippen molar-refractivity contribution in [3.8, 4) is 16.9 Å². The average Bonchev–Trinajstić information content (AvgIpc) is 3.48. The van der Waals surface area contributed by atoms with Crippen LogP contribution in [0.2, 0.25) is 0 Å². The Kier molecular flexibility index (Phi) is 8.07. The van der Waals surface area contributed by atoms with Crippen LogP contribution in [0.5, 0.6) is 5.75 Å². The van der Waals surface area contributed by atoms with Crippen molar-refractivity contribution in [1.82, 2.24) is 4.31 Å². The molecule has 1 aliphatic heterocycles. The average molecular weight is 549 g/mol. The first-order valence-electron chi connectivity index (χ1n) is 13.7. The fourth-order valence-electron chi connectivity index (χ4n) is 6.00. The molecule has 0 aromatic heterocycles. The summed E-state index contributed by atoms with van der Waals surface area (Å²) in [6.45, 7) is 0.255. The third-order valence-electron chi connectivity index (χ3n) is 8.23. The largest absolute Gasteiger partial charge is 0.497 e. The Morgan fingerprint density at radius 2 is 1.69 bits per heavy atom. The minimum Gasteiger partial charge on any atom is -0.497 e. The number of aliphatic hydroxyl groups excluding tert-OH is 1. The lowest BCUT2D eigenvalue weighted by Crippen LogP contribution is -2.42. The highest BCUT2D eigenvalue weighted by molar-refractivity contribution is 7.89. The lowest BCUT2D eigenvalue weighted by molar-refractivity contribution is -0.122. The number of sulfonamides is 1. The van der Waals surface area contributed by atoms with Gasteiger partial charge in [-0.25, -0.2) is 8.42 Å². The zero-order chi connectivity index (χ0) is 27.5. The summed E-state index contributed by atoms with van der Waals surface area (Å²) in [5, 5.41) is 12.7. The molecule has 0 bridgehead atoms. The SMILES string of the molecule is COc1ccc(C2(C(=O)Nc3cccc(-c4ccc(S(=O)(=O)N5CCC[C@@H]5CO)cc4)c3)CCCCC2)cc1. The van der Waals surface area contributed by atoms with E-state index in [9.17, 15) is 18.3 Å². The number of nitrogens with zero attached hydrogens (tertiary/aromatic N) is 1. The van der Waals surface area contributed by atoms with Crippen LogP contribution in [0.1, 0.15) is 50.5 Å². The molecule has 39 heavy (non-hydrogen) atoms. The molecule has 1 amide bonds. The first-order chi connectivity index (χ1) is 18.9. The molecule has 1 aliphatic carbocycles. The molecule has 2 aliphatic rings. The number of ether oxygens (including phenoxy) is 1. The molecule has 0 spiro atoms. The molecule has 3 aromatic carbocycles. The molecule has 0 radical (unpaired) electrons. The van der Waals surface area contributed by atoms with Crippen LogP contribution in [-0.2, 0) is 20.2 Å². The highest BCUT2D eigenvalue weighted by Gasteiger charge is 2.41. The summed E-state index contributed by atoms with van der Waals surface area (Å²) in [5.74, 6) is 0.764. The molecule has 7 nitrogen and oxygen atoms in total. The maximum Gasteiger partial charge on any atom is 0.243 e. The Morgan fingerprint density at radius 3 is 2.36 bits per heavy atom. The number of aliphatic hydroxyl groups is 1. The minimum absolute atomic E-state index is 0.00462. The second-order valence-electron chi connectivity index (χ2n) is 10.5. The maximum atomic E-state index is 13.8. The molecule has 1 atom stereocenters. The van der Waals surface area contributed by atoms with Gasteiger partial charge in [0.15, 0.2) is 0 Å². The van der Waals surface area contributed by atoms with Crippen LogP contribution in [0.15, 0.2) is 77.7 Å². The zero-order valence-electron chi connectivity index (χ0n) is 22.3. The van der Waals surface area contributed by atoms with Crippen molar-refractivity contribution in [3.63, 3.8) is 0 Å². The number of benzene rings is 3. The maximum absolute atomic E-state index is 13.8. The first-order valence-corrected chi connectivity index (χ1v) is 15.1. The van der Waals surface area contributed by atoms with Gasteiger partial charge in [0.25, 0.3) is 0 Å². The van der Waals surface area contributed by atoms with Gasteiger partial charge in [-0.2, -0.15) is 4.31 Å². The van der Waals surface area contributed by atoms with Gasteiger partial charge in [0.2, 0.25) is 15.9 Å². The van der Waals surface area contributed by atoms with Crippen molar-refractivity contribution in [1.29, 1.82) is 0 Å². The summed E-state index contributed by atoms with van der Waals surface area (Å²) >= 11 is 0. The fourth-order valence-corrected chi connectivity index (χ4v) is 7.69. The highest BCUT2D eigenvalue weighted by Crippen LogP contribution is 2.41. The Labute approximate surface area is 230 Å². The van der Waals surface area contributed by atoms with Crippen molar-refractivity contribution in [2.75, 3.05) is 25.6 Å². The second-order valence-corrected chi connectivity index (χ2v) is 12.4. The quantitative estimate of drug-likeness (QED) is 0.396. The van der Waals surface area contributed by atoms with E-state index in [0.717, 1.165) is 61.0 Å². The molecule has 1 saturated carbocycles. The molecule has 5 rings (SSSR count). The van der Waals surface area contributed by atoms with Crippen molar-refractivity contribution in [2.45, 2.75) is 61.3 Å². The van der Waals surface area contributed by atoms with E-state index < -0.39 is 15.4 Å². The molecule has 206 valence electrons. The molecular weight excluding hydrogens is 512 g/mol. The van der Waals surface area contributed by atoms with E-state index in [1.165, 1.54) is 4.31 Å². The van der Waals surface area contributed by atoms with E-state index in [-0.39, 0.29) is 23.5 Å². The number of anilines is 1. The summed E-state index contributed by atoms with van der Waals surface area (Å²) in [4.78, 5) is 14.0. The van der Waals surface area contributed by atoms with E-state index in [4.69, 9.17) is 4.74 Å². The zero-order valence-corrected chi connectivity index (χ0v) is 23.1. The lowest BCUT2D eigenvalue weighted by atomic mass is 9.68. The first kappa shape index (κ1) is 27.4. The summed E-state index contributed by atoms with van der Waals surface area (Å²) in [6.07, 6.45) is 6.16. The Morgan fingerprint density at radius 1 is 0.974 bits per heavy atom. The third kappa shape index (κ3) is 5.46. The number of carbonyl (C=O) groups is 1. The number of carbonyl (C=O) groups excluding carboxylic acids is 1. The van der Waals surface area contributed by atoms with E-state index in [2.05, 4.69) is 5.32 Å². The van der Waals surface area contributed by atoms with Crippen LogP contribution in [0.3, 0.4) is 0 Å². The van der Waals surface area contributed by atoms with Crippen molar-refractivity contribution in [2.24, 2.45) is 0 Å². The van der Waals surface area contributed by atoms with E-state index in [1.54, 1.807) is 31.4 Å². The Hall–Kier alpha value is -3.20. The van der Waals surface area contributed by atoms with Gasteiger partial charge < -0.3 is 15.2 Å². The second kappa shape index (κ2) is 11.5. The van der Waals surface area contributed by atoms with Gasteiger partial charge in [0.1, 0.15) is 5.75 Å². The predicted molar refractivity (Wildman–Crippen MR) is 152 cm³/mol. The van der Waals surface area contributed by atoms with Gasteiger partial charge in [-0.05, 0) is 78.8 Å². The van der Waals surface area contributed by atoms with Crippen molar-refractivity contribution in [3.05, 3.63) is 78.4 Å². The van der Waals surface area contributed by atoms with E-state index in [1.807, 2.05) is 48.5 Å². The normalized spacial score (nSPS) is 19.5. The number of hydrogen-bond acceptors (Lipinski definition) is 5. The molecule has 1 saturated heterocycles. The van der Waals surface area contributed by atoms with Gasteiger partial charge >= 0.3 is 0 Å². The smallest absolute Gasteiger partial charge is 0.243 e. The van der Waals surface area contributed by atoms with Gasteiger partial charge in [-0.15, -0.1) is 0 Å². The van der Waals surface area contributed by atoms with E-state index in [0.29, 0.717) is 18.7 Å². The fraction of sp³-hybridized carbons (Fsp3) is 0.387. The van der Waals surface area contributed by atoms with Crippen LogP contribution < -0.4 is 10.1 Å². The van der Waals surface area contributed by atoms with Crippen LogP contribution in [0.25, 0.3) is 11.1 Å². The summed E-state index contributed by atoms with van der Waals surface area (Å²) in [7, 11) is -2.03. The molecule has 2 fully saturated rings. The predicted octanol–water partition coefficient (Wildman–Crippen LogP) is 5.35. The van der Waals surface area contributed by atoms with Gasteiger partial charge in [-0.3, -0.25) is 4.79 Å². The molecule has 2 N–H and O–H groups in total. The number of amides is 1. The van der Waals surface area contributed by atoms with Crippen LogP contribution in [0.4, 0.5) is 5.69 Å². The molecule has 8 heteroatoms. The highest BCUT2D eigenvalue weighted by atomic mass is 32.2. The summed E-state index contributed by atoms with van der Waals surface area (Å²) in [6, 6.07) is 21.9. The monoisotopic (exact) mass is 548 g/mol. The Balaban J connectivity index is 1.36. The number of hydrogen-bond donors (Lipinski definition) is 2. The lowest BCUT2D eigenvalue weighted by Gasteiger charge is -2.36. The standard InChI is InChI=1S/C31H36N2O5S/c1-38-28-14-12-25(13-15-28)31(18-3-2-4-19-31)30(35)32-26-8-5-7-24(21-26)23-10-16-29(17-11-23)39(36,37)33-20-6-9-27(33)22-34/h5,7-8,10-17,21,27,34H,2-4,6,9,18-20,22H2,1H3,(H,32,35)/t27-/m1/s1. The molecule has 0 unspecified atom stereocenters. The van der Waals surface area contributed by atoms with Gasteiger partial charge in [0, 0.05) is 18.3 Å². The molecular formula is C31H36N2O5S. The minimum atomic E-state index is -3.66.